The van der Waals surface area contributed by atoms with Crippen molar-refractivity contribution in [3.63, 3.8) is 0 Å². The van der Waals surface area contributed by atoms with E-state index in [1.54, 1.807) is 24.3 Å². The van der Waals surface area contributed by atoms with Crippen LogP contribution >= 0.6 is 0 Å². The van der Waals surface area contributed by atoms with Crippen LogP contribution in [0.3, 0.4) is 0 Å². The Morgan fingerprint density at radius 3 is 2.14 bits per heavy atom. The van der Waals surface area contributed by atoms with E-state index >= 15 is 0 Å². The third-order valence-corrected chi connectivity index (χ3v) is 7.31. The number of allylic oxidation sites excluding steroid dienone is 1. The molecule has 1 aliphatic carbocycles. The first-order chi connectivity index (χ1) is 13.9. The molecule has 0 N–H and O–H groups in total. The van der Waals surface area contributed by atoms with E-state index in [2.05, 4.69) is 19.9 Å². The lowest BCUT2D eigenvalue weighted by Gasteiger charge is -2.33. The van der Waals surface area contributed by atoms with Crippen molar-refractivity contribution in [1.29, 1.82) is 0 Å². The third-order valence-electron chi connectivity index (χ3n) is 5.47. The van der Waals surface area contributed by atoms with Crippen molar-refractivity contribution in [2.75, 3.05) is 0 Å². The molecule has 146 valence electrons. The molecule has 0 aromatic heterocycles. The summed E-state index contributed by atoms with van der Waals surface area (Å²) in [6.45, 7) is 4.33. The molecule has 0 heterocycles. The minimum Gasteiger partial charge on any atom is -0.219 e. The summed E-state index contributed by atoms with van der Waals surface area (Å²) >= 11 is 0. The summed E-state index contributed by atoms with van der Waals surface area (Å²) in [6, 6.07) is 24.8. The normalized spacial score (nSPS) is 15.7. The van der Waals surface area contributed by atoms with E-state index in [9.17, 15) is 8.42 Å². The van der Waals surface area contributed by atoms with Crippen molar-refractivity contribution < 1.29 is 8.42 Å². The van der Waals surface area contributed by atoms with Gasteiger partial charge in [-0.3, -0.25) is 0 Å². The SMILES string of the molecule is CC1(C)CC=C(S(=O)(=O)c2ccccc2)c2c(/C=C/c3ccccc3)cccc21. The van der Waals surface area contributed by atoms with E-state index < -0.39 is 9.84 Å². The number of fused-ring (bicyclic) bond motifs is 1. The molecule has 29 heavy (non-hydrogen) atoms. The van der Waals surface area contributed by atoms with Gasteiger partial charge in [0.2, 0.25) is 9.84 Å². The van der Waals surface area contributed by atoms with Gasteiger partial charge in [-0.15, -0.1) is 0 Å². The summed E-state index contributed by atoms with van der Waals surface area (Å²) < 4.78 is 27.0. The summed E-state index contributed by atoms with van der Waals surface area (Å²) in [5.41, 5.74) is 3.77. The van der Waals surface area contributed by atoms with Crippen LogP contribution in [-0.2, 0) is 15.3 Å². The summed E-state index contributed by atoms with van der Waals surface area (Å²) in [7, 11) is -3.60. The first kappa shape index (κ1) is 19.4. The summed E-state index contributed by atoms with van der Waals surface area (Å²) in [5, 5.41) is 0. The van der Waals surface area contributed by atoms with Crippen LogP contribution in [-0.4, -0.2) is 8.42 Å². The van der Waals surface area contributed by atoms with Crippen LogP contribution in [0.5, 0.6) is 0 Å². The highest BCUT2D eigenvalue weighted by atomic mass is 32.2. The molecule has 0 amide bonds. The van der Waals surface area contributed by atoms with Crippen molar-refractivity contribution in [1.82, 2.24) is 0 Å². The number of hydrogen-bond donors (Lipinski definition) is 0. The predicted octanol–water partition coefficient (Wildman–Crippen LogP) is 6.35. The molecule has 2 nitrogen and oxygen atoms in total. The van der Waals surface area contributed by atoms with Crippen LogP contribution in [0.25, 0.3) is 17.1 Å². The summed E-state index contributed by atoms with van der Waals surface area (Å²) in [5.74, 6) is 0. The molecular formula is C26H24O2S. The van der Waals surface area contributed by atoms with Crippen LogP contribution in [0, 0.1) is 0 Å². The maximum absolute atomic E-state index is 13.5. The second-order valence-electron chi connectivity index (χ2n) is 7.99. The zero-order valence-electron chi connectivity index (χ0n) is 16.7. The second kappa shape index (κ2) is 7.49. The average molecular weight is 401 g/mol. The smallest absolute Gasteiger partial charge is 0.206 e. The van der Waals surface area contributed by atoms with Crippen molar-refractivity contribution in [3.8, 4) is 0 Å². The van der Waals surface area contributed by atoms with Crippen molar-refractivity contribution >= 4 is 26.9 Å². The zero-order valence-corrected chi connectivity index (χ0v) is 17.5. The van der Waals surface area contributed by atoms with Gasteiger partial charge in [-0.05, 0) is 40.7 Å². The summed E-state index contributed by atoms with van der Waals surface area (Å²) in [4.78, 5) is 0.741. The highest BCUT2D eigenvalue weighted by molar-refractivity contribution is 8.00. The minimum absolute atomic E-state index is 0.123. The Morgan fingerprint density at radius 1 is 0.793 bits per heavy atom. The van der Waals surface area contributed by atoms with E-state index in [4.69, 9.17) is 0 Å². The number of hydrogen-bond acceptors (Lipinski definition) is 2. The Kier molecular flexibility index (Phi) is 5.01. The van der Waals surface area contributed by atoms with E-state index in [-0.39, 0.29) is 5.41 Å². The number of rotatable bonds is 4. The zero-order chi connectivity index (χ0) is 20.5. The predicted molar refractivity (Wildman–Crippen MR) is 121 cm³/mol. The fourth-order valence-corrected chi connectivity index (χ4v) is 5.40. The molecule has 0 radical (unpaired) electrons. The van der Waals surface area contributed by atoms with Crippen LogP contribution in [0.1, 0.15) is 42.5 Å². The van der Waals surface area contributed by atoms with Crippen molar-refractivity contribution in [2.45, 2.75) is 30.6 Å². The quantitative estimate of drug-likeness (QED) is 0.478. The Balaban J connectivity index is 1.89. The lowest BCUT2D eigenvalue weighted by atomic mass is 9.74. The molecule has 0 bridgehead atoms. The highest BCUT2D eigenvalue weighted by Gasteiger charge is 2.34. The molecule has 0 aliphatic heterocycles. The van der Waals surface area contributed by atoms with Gasteiger partial charge in [0, 0.05) is 5.56 Å². The maximum Gasteiger partial charge on any atom is 0.206 e. The molecule has 3 aromatic carbocycles. The van der Waals surface area contributed by atoms with E-state index in [0.29, 0.717) is 16.2 Å². The molecule has 1 aliphatic rings. The molecule has 4 rings (SSSR count). The molecule has 3 heteroatoms. The van der Waals surface area contributed by atoms with E-state index in [1.807, 2.05) is 66.8 Å². The number of sulfone groups is 1. The fourth-order valence-electron chi connectivity index (χ4n) is 3.83. The highest BCUT2D eigenvalue weighted by Crippen LogP contribution is 2.44. The lowest BCUT2D eigenvalue weighted by Crippen LogP contribution is -2.24. The lowest BCUT2D eigenvalue weighted by molar-refractivity contribution is 0.527. The van der Waals surface area contributed by atoms with Crippen LogP contribution < -0.4 is 0 Å². The van der Waals surface area contributed by atoms with Gasteiger partial charge in [-0.2, -0.15) is 0 Å². The minimum atomic E-state index is -3.60. The molecule has 0 spiro atoms. The molecule has 0 saturated carbocycles. The molecule has 0 saturated heterocycles. The molecule has 0 atom stereocenters. The van der Waals surface area contributed by atoms with Crippen molar-refractivity contribution in [2.24, 2.45) is 0 Å². The Hall–Kier alpha value is -2.91. The number of benzene rings is 3. The molecule has 0 unspecified atom stereocenters. The first-order valence-electron chi connectivity index (χ1n) is 9.77. The van der Waals surface area contributed by atoms with Gasteiger partial charge in [0.1, 0.15) is 0 Å². The van der Waals surface area contributed by atoms with Gasteiger partial charge >= 0.3 is 0 Å². The molecule has 0 fully saturated rings. The third kappa shape index (κ3) is 3.70. The van der Waals surface area contributed by atoms with E-state index in [0.717, 1.165) is 22.3 Å². The average Bonchev–Trinajstić information content (AvgIpc) is 2.73. The van der Waals surface area contributed by atoms with Gasteiger partial charge < -0.3 is 0 Å². The Morgan fingerprint density at radius 2 is 1.45 bits per heavy atom. The van der Waals surface area contributed by atoms with Gasteiger partial charge in [-0.25, -0.2) is 8.42 Å². The standard InChI is InChI=1S/C26H24O2S/c1-26(2)19-18-24(29(27,28)22-13-7-4-8-14-22)25-21(12-9-15-23(25)26)17-16-20-10-5-3-6-11-20/h3-18H,19H2,1-2H3/b17-16+. The largest absolute Gasteiger partial charge is 0.219 e. The van der Waals surface area contributed by atoms with Crippen LogP contribution in [0.4, 0.5) is 0 Å². The fraction of sp³-hybridized carbons (Fsp3) is 0.154. The van der Waals surface area contributed by atoms with Gasteiger partial charge in [-0.1, -0.05) is 98.8 Å². The Bertz CT molecular complexity index is 1190. The van der Waals surface area contributed by atoms with E-state index in [1.165, 1.54) is 0 Å². The first-order valence-corrected chi connectivity index (χ1v) is 11.3. The monoisotopic (exact) mass is 400 g/mol. The van der Waals surface area contributed by atoms with Gasteiger partial charge in [0.15, 0.2) is 0 Å². The van der Waals surface area contributed by atoms with Crippen LogP contribution in [0.2, 0.25) is 0 Å². The van der Waals surface area contributed by atoms with Crippen molar-refractivity contribution in [3.05, 3.63) is 107 Å². The topological polar surface area (TPSA) is 34.1 Å². The molecular weight excluding hydrogens is 376 g/mol. The van der Waals surface area contributed by atoms with Crippen LogP contribution in [0.15, 0.2) is 89.8 Å². The van der Waals surface area contributed by atoms with Gasteiger partial charge in [0.05, 0.1) is 9.80 Å². The Labute approximate surface area is 173 Å². The second-order valence-corrected chi connectivity index (χ2v) is 9.90. The molecule has 3 aromatic rings. The van der Waals surface area contributed by atoms with Gasteiger partial charge in [0.25, 0.3) is 0 Å². The maximum atomic E-state index is 13.5. The summed E-state index contributed by atoms with van der Waals surface area (Å²) in [6.07, 6.45) is 6.63.